The lowest BCUT2D eigenvalue weighted by Crippen LogP contribution is -2.25. The molecule has 24 heavy (non-hydrogen) atoms. The second kappa shape index (κ2) is 6.81. The van der Waals surface area contributed by atoms with Gasteiger partial charge in [0.15, 0.2) is 11.5 Å². The van der Waals surface area contributed by atoms with Gasteiger partial charge in [0.25, 0.3) is 0 Å². The van der Waals surface area contributed by atoms with E-state index in [0.717, 1.165) is 25.1 Å². The van der Waals surface area contributed by atoms with E-state index in [1.165, 1.54) is 35.6 Å². The topological polar surface area (TPSA) is 68.8 Å². The molecule has 0 spiro atoms. The van der Waals surface area contributed by atoms with Gasteiger partial charge < -0.3 is 14.7 Å². The number of likely N-dealkylation sites (N-methyl/N-ethyl adjacent to an activating group) is 1. The van der Waals surface area contributed by atoms with Gasteiger partial charge in [0, 0.05) is 40.8 Å². The van der Waals surface area contributed by atoms with Crippen LogP contribution in [-0.4, -0.2) is 36.9 Å². The Balaban J connectivity index is 1.99. The highest BCUT2D eigenvalue weighted by Crippen LogP contribution is 2.39. The van der Waals surface area contributed by atoms with Crippen LogP contribution in [0.2, 0.25) is 5.02 Å². The Morgan fingerprint density at radius 3 is 3.00 bits per heavy atom. The van der Waals surface area contributed by atoms with Gasteiger partial charge in [0.2, 0.25) is 0 Å². The van der Waals surface area contributed by atoms with E-state index < -0.39 is 0 Å². The van der Waals surface area contributed by atoms with Crippen molar-refractivity contribution in [2.45, 2.75) is 13.0 Å². The maximum atomic E-state index is 10.2. The number of rotatable bonds is 3. The molecule has 0 radical (unpaired) electrons. The number of phenols is 1. The van der Waals surface area contributed by atoms with Crippen LogP contribution in [0.15, 0.2) is 17.1 Å². The van der Waals surface area contributed by atoms with E-state index in [9.17, 15) is 10.4 Å². The van der Waals surface area contributed by atoms with Gasteiger partial charge in [-0.25, -0.2) is 4.99 Å². The first-order valence-electron chi connectivity index (χ1n) is 7.37. The Morgan fingerprint density at radius 1 is 1.50 bits per heavy atom. The molecule has 0 fully saturated rings. The fourth-order valence-corrected chi connectivity index (χ4v) is 4.14. The fourth-order valence-electron chi connectivity index (χ4n) is 2.70. The largest absolute Gasteiger partial charge is 0.504 e. The molecule has 2 heterocycles. The highest BCUT2D eigenvalue weighted by molar-refractivity contribution is 7.16. The molecule has 5 nitrogen and oxygen atoms in total. The average molecular weight is 362 g/mol. The van der Waals surface area contributed by atoms with Crippen molar-refractivity contribution in [1.82, 2.24) is 4.90 Å². The van der Waals surface area contributed by atoms with Crippen molar-refractivity contribution in [1.29, 1.82) is 5.26 Å². The standard InChI is InChI=1S/C17H16ClN3O2S/c1-21-4-3-12-13(7-19)17(24-15(12)9-21)20-8-10-5-11(18)6-14(23-2)16(10)22/h5-6,8,22H,3-4,9H2,1-2H3/b20-8+. The third-order valence-corrected chi connectivity index (χ3v) is 5.29. The summed E-state index contributed by atoms with van der Waals surface area (Å²) in [7, 11) is 3.53. The smallest absolute Gasteiger partial charge is 0.166 e. The molecule has 1 aromatic carbocycles. The number of aromatic hydroxyl groups is 1. The Kier molecular flexibility index (Phi) is 4.76. The van der Waals surface area contributed by atoms with E-state index in [1.54, 1.807) is 6.07 Å². The quantitative estimate of drug-likeness (QED) is 0.846. The molecular weight excluding hydrogens is 346 g/mol. The molecule has 0 saturated carbocycles. The van der Waals surface area contributed by atoms with Gasteiger partial charge in [-0.3, -0.25) is 0 Å². The van der Waals surface area contributed by atoms with Gasteiger partial charge in [-0.2, -0.15) is 5.26 Å². The predicted molar refractivity (Wildman–Crippen MR) is 96.0 cm³/mol. The third kappa shape index (κ3) is 3.11. The predicted octanol–water partition coefficient (Wildman–Crippen LogP) is 3.73. The number of aliphatic imine (C=N–C) groups is 1. The second-order valence-corrected chi connectivity index (χ2v) is 7.11. The van der Waals surface area contributed by atoms with Crippen LogP contribution in [0.4, 0.5) is 5.00 Å². The normalized spacial score (nSPS) is 14.6. The van der Waals surface area contributed by atoms with Crippen LogP contribution in [0.25, 0.3) is 0 Å². The lowest BCUT2D eigenvalue weighted by Gasteiger charge is -2.21. The molecule has 1 aromatic heterocycles. The molecule has 1 N–H and O–H groups in total. The fraction of sp³-hybridized carbons (Fsp3) is 0.294. The summed E-state index contributed by atoms with van der Waals surface area (Å²) in [6.45, 7) is 1.77. The number of ether oxygens (including phenoxy) is 1. The number of phenolic OH excluding ortho intramolecular Hbond substituents is 1. The molecule has 0 amide bonds. The summed E-state index contributed by atoms with van der Waals surface area (Å²) in [5.74, 6) is 0.266. The van der Waals surface area contributed by atoms with Gasteiger partial charge in [0.1, 0.15) is 11.1 Å². The first kappa shape index (κ1) is 16.8. The number of methoxy groups -OCH3 is 1. The van der Waals surface area contributed by atoms with E-state index in [0.29, 0.717) is 21.2 Å². The van der Waals surface area contributed by atoms with Gasteiger partial charge in [-0.15, -0.1) is 11.3 Å². The lowest BCUT2D eigenvalue weighted by atomic mass is 10.0. The van der Waals surface area contributed by atoms with E-state index in [2.05, 4.69) is 23.0 Å². The van der Waals surface area contributed by atoms with Crippen molar-refractivity contribution in [3.05, 3.63) is 38.7 Å². The van der Waals surface area contributed by atoms with Crippen molar-refractivity contribution in [3.63, 3.8) is 0 Å². The molecule has 1 aliphatic heterocycles. The number of thiophene rings is 1. The number of nitriles is 1. The van der Waals surface area contributed by atoms with Gasteiger partial charge in [-0.05, 0) is 25.1 Å². The van der Waals surface area contributed by atoms with Crippen molar-refractivity contribution in [3.8, 4) is 17.6 Å². The summed E-state index contributed by atoms with van der Waals surface area (Å²) >= 11 is 7.55. The van der Waals surface area contributed by atoms with E-state index in [4.69, 9.17) is 16.3 Å². The zero-order valence-corrected chi connectivity index (χ0v) is 14.9. The molecule has 124 valence electrons. The summed E-state index contributed by atoms with van der Waals surface area (Å²) in [6, 6.07) is 5.41. The third-order valence-electron chi connectivity index (χ3n) is 3.95. The van der Waals surface area contributed by atoms with Gasteiger partial charge in [-0.1, -0.05) is 11.6 Å². The number of hydrogen-bond donors (Lipinski definition) is 1. The van der Waals surface area contributed by atoms with Crippen molar-refractivity contribution < 1.29 is 9.84 Å². The van der Waals surface area contributed by atoms with Crippen LogP contribution in [0, 0.1) is 11.3 Å². The molecule has 2 aromatic rings. The second-order valence-electron chi connectivity index (χ2n) is 5.59. The van der Waals surface area contributed by atoms with Crippen molar-refractivity contribution in [2.75, 3.05) is 20.7 Å². The summed E-state index contributed by atoms with van der Waals surface area (Å²) in [5.41, 5.74) is 2.18. The summed E-state index contributed by atoms with van der Waals surface area (Å²) < 4.78 is 5.09. The zero-order chi connectivity index (χ0) is 17.3. The molecule has 7 heteroatoms. The SMILES string of the molecule is COc1cc(Cl)cc(/C=N/c2sc3c(c2C#N)CCN(C)C3)c1O. The minimum atomic E-state index is -0.0230. The summed E-state index contributed by atoms with van der Waals surface area (Å²) in [4.78, 5) is 7.84. The zero-order valence-electron chi connectivity index (χ0n) is 13.3. The van der Waals surface area contributed by atoms with Gasteiger partial charge in [0.05, 0.1) is 12.7 Å². The molecule has 0 aliphatic carbocycles. The lowest BCUT2D eigenvalue weighted by molar-refractivity contribution is 0.317. The maximum Gasteiger partial charge on any atom is 0.166 e. The van der Waals surface area contributed by atoms with E-state index in [1.807, 2.05) is 0 Å². The molecule has 0 atom stereocenters. The maximum absolute atomic E-state index is 10.2. The number of benzene rings is 1. The molecule has 0 bridgehead atoms. The molecule has 3 rings (SSSR count). The number of hydrogen-bond acceptors (Lipinski definition) is 6. The number of fused-ring (bicyclic) bond motifs is 1. The van der Waals surface area contributed by atoms with Crippen LogP contribution in [-0.2, 0) is 13.0 Å². The molecule has 0 saturated heterocycles. The highest BCUT2D eigenvalue weighted by atomic mass is 35.5. The van der Waals surface area contributed by atoms with E-state index in [-0.39, 0.29) is 11.5 Å². The Morgan fingerprint density at radius 2 is 2.29 bits per heavy atom. The Labute approximate surface area is 149 Å². The summed E-state index contributed by atoms with van der Waals surface area (Å²) in [5, 5.41) is 20.8. The van der Waals surface area contributed by atoms with Crippen LogP contribution in [0.5, 0.6) is 11.5 Å². The molecule has 1 aliphatic rings. The average Bonchev–Trinajstić information content (AvgIpc) is 2.91. The highest BCUT2D eigenvalue weighted by Gasteiger charge is 2.22. The minimum absolute atomic E-state index is 0.0230. The summed E-state index contributed by atoms with van der Waals surface area (Å²) in [6.07, 6.45) is 2.38. The van der Waals surface area contributed by atoms with E-state index >= 15 is 0 Å². The molecular formula is C17H16ClN3O2S. The molecule has 0 unspecified atom stereocenters. The monoisotopic (exact) mass is 361 g/mol. The Bertz CT molecular complexity index is 854. The minimum Gasteiger partial charge on any atom is -0.504 e. The van der Waals surface area contributed by atoms with Gasteiger partial charge >= 0.3 is 0 Å². The van der Waals surface area contributed by atoms with Crippen LogP contribution >= 0.6 is 22.9 Å². The van der Waals surface area contributed by atoms with Crippen LogP contribution in [0.3, 0.4) is 0 Å². The van der Waals surface area contributed by atoms with Crippen LogP contribution < -0.4 is 4.74 Å². The first-order chi connectivity index (χ1) is 11.5. The number of halogens is 1. The van der Waals surface area contributed by atoms with Crippen LogP contribution in [0.1, 0.15) is 21.6 Å². The van der Waals surface area contributed by atoms with Crippen molar-refractivity contribution in [2.24, 2.45) is 4.99 Å². The number of nitrogens with zero attached hydrogens (tertiary/aromatic N) is 3. The Hall–Kier alpha value is -2.07. The van der Waals surface area contributed by atoms with Crippen molar-refractivity contribution >= 4 is 34.2 Å². The first-order valence-corrected chi connectivity index (χ1v) is 8.56.